The molecule has 0 spiro atoms. The highest BCUT2D eigenvalue weighted by atomic mass is 32.2. The van der Waals surface area contributed by atoms with Crippen molar-refractivity contribution in [1.82, 2.24) is 9.78 Å². The summed E-state index contributed by atoms with van der Waals surface area (Å²) in [6.07, 6.45) is 0. The molecule has 5 rings (SSSR count). The first-order valence-corrected chi connectivity index (χ1v) is 10.9. The smallest absolute Gasteiger partial charge is 0.256 e. The average Bonchev–Trinajstić information content (AvgIpc) is 3.38. The first-order valence-electron chi connectivity index (χ1n) is 9.76. The molecule has 0 bridgehead atoms. The van der Waals surface area contributed by atoms with Crippen LogP contribution in [0.2, 0.25) is 0 Å². The van der Waals surface area contributed by atoms with Crippen LogP contribution in [0.1, 0.15) is 21.6 Å². The van der Waals surface area contributed by atoms with E-state index in [1.54, 1.807) is 16.4 Å². The summed E-state index contributed by atoms with van der Waals surface area (Å²) in [7, 11) is 0. The van der Waals surface area contributed by atoms with Gasteiger partial charge in [-0.3, -0.25) is 4.79 Å². The van der Waals surface area contributed by atoms with Crippen molar-refractivity contribution in [3.8, 4) is 17.2 Å². The third kappa shape index (κ3) is 4.04. The molecule has 1 amide bonds. The number of thioether (sulfide) groups is 1. The van der Waals surface area contributed by atoms with E-state index in [-0.39, 0.29) is 11.7 Å². The topological polar surface area (TPSA) is 56.2 Å². The molecular weight excluding hydrogens is 413 g/mol. The molecule has 1 N–H and O–H groups in total. The van der Waals surface area contributed by atoms with Crippen LogP contribution in [0.4, 0.5) is 10.2 Å². The van der Waals surface area contributed by atoms with Gasteiger partial charge in [0.05, 0.1) is 11.4 Å². The quantitative estimate of drug-likeness (QED) is 0.434. The molecule has 154 valence electrons. The van der Waals surface area contributed by atoms with Crippen LogP contribution < -0.4 is 10.1 Å². The zero-order valence-electron chi connectivity index (χ0n) is 16.4. The lowest BCUT2D eigenvalue weighted by Crippen LogP contribution is -2.16. The first kappa shape index (κ1) is 19.4. The average molecular weight is 431 g/mol. The van der Waals surface area contributed by atoms with Gasteiger partial charge in [-0.05, 0) is 60.7 Å². The Balaban J connectivity index is 1.43. The molecule has 1 aliphatic rings. The number of aromatic nitrogens is 2. The van der Waals surface area contributed by atoms with Crippen molar-refractivity contribution in [2.45, 2.75) is 11.5 Å². The number of nitrogens with one attached hydrogen (secondary N) is 1. The second-order valence-electron chi connectivity index (χ2n) is 7.05. The van der Waals surface area contributed by atoms with E-state index >= 15 is 0 Å². The molecule has 0 aliphatic carbocycles. The molecule has 5 nitrogen and oxygen atoms in total. The fourth-order valence-electron chi connectivity index (χ4n) is 3.39. The van der Waals surface area contributed by atoms with E-state index in [0.29, 0.717) is 17.1 Å². The van der Waals surface area contributed by atoms with Crippen molar-refractivity contribution >= 4 is 23.5 Å². The maximum absolute atomic E-state index is 13.2. The Morgan fingerprint density at radius 2 is 1.65 bits per heavy atom. The van der Waals surface area contributed by atoms with Crippen molar-refractivity contribution in [3.05, 3.63) is 102 Å². The Kier molecular flexibility index (Phi) is 5.18. The zero-order chi connectivity index (χ0) is 21.2. The number of amides is 1. The molecule has 0 unspecified atom stereocenters. The van der Waals surface area contributed by atoms with Crippen molar-refractivity contribution < 1.29 is 13.9 Å². The molecule has 31 heavy (non-hydrogen) atoms. The molecular formula is C24H18FN3O2S. The van der Waals surface area contributed by atoms with Gasteiger partial charge >= 0.3 is 0 Å². The Hall–Kier alpha value is -3.58. The third-order valence-corrected chi connectivity index (χ3v) is 5.92. The monoisotopic (exact) mass is 431 g/mol. The number of halogens is 1. The number of carbonyl (C=O) groups excluding carboxylic acids is 1. The van der Waals surface area contributed by atoms with Gasteiger partial charge in [-0.25, -0.2) is 9.07 Å². The van der Waals surface area contributed by atoms with Gasteiger partial charge in [0.15, 0.2) is 0 Å². The normalized spacial score (nSPS) is 12.4. The van der Waals surface area contributed by atoms with Crippen LogP contribution in [0, 0.1) is 5.82 Å². The van der Waals surface area contributed by atoms with Crippen molar-refractivity contribution in [2.75, 3.05) is 5.32 Å². The van der Waals surface area contributed by atoms with Gasteiger partial charge in [-0.2, -0.15) is 16.9 Å². The fourth-order valence-corrected chi connectivity index (χ4v) is 4.42. The Morgan fingerprint density at radius 1 is 0.935 bits per heavy atom. The maximum atomic E-state index is 13.2. The zero-order valence-corrected chi connectivity index (χ0v) is 17.2. The van der Waals surface area contributed by atoms with E-state index in [2.05, 4.69) is 5.32 Å². The van der Waals surface area contributed by atoms with Crippen molar-refractivity contribution in [3.63, 3.8) is 0 Å². The fraction of sp³-hybridized carbons (Fsp3) is 0.0833. The van der Waals surface area contributed by atoms with Gasteiger partial charge < -0.3 is 10.1 Å². The molecule has 1 aromatic heterocycles. The van der Waals surface area contributed by atoms with Crippen LogP contribution in [0.15, 0.2) is 78.9 Å². The molecule has 0 saturated carbocycles. The minimum atomic E-state index is -0.378. The number of anilines is 1. The molecule has 0 saturated heterocycles. The van der Waals surface area contributed by atoms with Crippen LogP contribution in [-0.2, 0) is 11.5 Å². The van der Waals surface area contributed by atoms with Gasteiger partial charge in [-0.15, -0.1) is 0 Å². The summed E-state index contributed by atoms with van der Waals surface area (Å²) in [6, 6.07) is 22.6. The van der Waals surface area contributed by atoms with Crippen molar-refractivity contribution in [2.24, 2.45) is 0 Å². The predicted octanol–water partition coefficient (Wildman–Crippen LogP) is 5.80. The lowest BCUT2D eigenvalue weighted by molar-refractivity contribution is 0.102. The summed E-state index contributed by atoms with van der Waals surface area (Å²) >= 11 is 1.76. The molecule has 7 heteroatoms. The van der Waals surface area contributed by atoms with E-state index in [1.165, 1.54) is 24.3 Å². The second kappa shape index (κ2) is 8.28. The number of benzene rings is 3. The molecule has 4 aromatic rings. The Morgan fingerprint density at radius 3 is 2.39 bits per heavy atom. The van der Waals surface area contributed by atoms with Gasteiger partial charge in [0.2, 0.25) is 0 Å². The summed E-state index contributed by atoms with van der Waals surface area (Å²) < 4.78 is 20.8. The predicted molar refractivity (Wildman–Crippen MR) is 119 cm³/mol. The standard InChI is InChI=1S/C24H18FN3O2S/c25-17-8-6-16(7-9-17)24(29)26-23-21-14-31-15-22(21)27-28(23)18-10-12-20(13-11-18)30-19-4-2-1-3-5-19/h1-13H,14-15H2,(H,26,29). The maximum Gasteiger partial charge on any atom is 0.256 e. The lowest BCUT2D eigenvalue weighted by Gasteiger charge is -2.12. The van der Waals surface area contributed by atoms with Crippen LogP contribution in [0.5, 0.6) is 11.5 Å². The van der Waals surface area contributed by atoms with Gasteiger partial charge in [0.1, 0.15) is 23.1 Å². The van der Waals surface area contributed by atoms with Crippen molar-refractivity contribution in [1.29, 1.82) is 0 Å². The van der Waals surface area contributed by atoms with Gasteiger partial charge in [-0.1, -0.05) is 18.2 Å². The summed E-state index contributed by atoms with van der Waals surface area (Å²) in [6.45, 7) is 0. The van der Waals surface area contributed by atoms with Crippen LogP contribution in [-0.4, -0.2) is 15.7 Å². The van der Waals surface area contributed by atoms with E-state index in [9.17, 15) is 9.18 Å². The number of ether oxygens (including phenoxy) is 1. The number of fused-ring (bicyclic) bond motifs is 1. The summed E-state index contributed by atoms with van der Waals surface area (Å²) in [5, 5.41) is 7.69. The molecule has 3 aromatic carbocycles. The number of nitrogens with zero attached hydrogens (tertiary/aromatic N) is 2. The number of para-hydroxylation sites is 1. The van der Waals surface area contributed by atoms with Gasteiger partial charge in [0, 0.05) is 22.6 Å². The van der Waals surface area contributed by atoms with Gasteiger partial charge in [0.25, 0.3) is 5.91 Å². The molecule has 1 aliphatic heterocycles. The van der Waals surface area contributed by atoms with Crippen LogP contribution in [0.25, 0.3) is 5.69 Å². The SMILES string of the molecule is O=C(Nc1c2c(nn1-c1ccc(Oc3ccccc3)cc1)CSC2)c1ccc(F)cc1. The Bertz CT molecular complexity index is 1220. The third-order valence-electron chi connectivity index (χ3n) is 4.95. The first-order chi connectivity index (χ1) is 15.2. The molecule has 0 atom stereocenters. The lowest BCUT2D eigenvalue weighted by atomic mass is 10.2. The minimum absolute atomic E-state index is 0.301. The van der Waals surface area contributed by atoms with E-state index in [0.717, 1.165) is 34.2 Å². The highest BCUT2D eigenvalue weighted by Crippen LogP contribution is 2.36. The summed E-state index contributed by atoms with van der Waals surface area (Å²) in [4.78, 5) is 12.8. The van der Waals surface area contributed by atoms with Crippen LogP contribution in [0.3, 0.4) is 0 Å². The molecule has 0 fully saturated rings. The highest BCUT2D eigenvalue weighted by molar-refractivity contribution is 7.98. The minimum Gasteiger partial charge on any atom is -0.457 e. The van der Waals surface area contributed by atoms with E-state index in [4.69, 9.17) is 9.84 Å². The summed E-state index contributed by atoms with van der Waals surface area (Å²) in [5.41, 5.74) is 3.18. The largest absolute Gasteiger partial charge is 0.457 e. The molecule has 0 radical (unpaired) electrons. The number of carbonyl (C=O) groups is 1. The van der Waals surface area contributed by atoms with E-state index < -0.39 is 0 Å². The van der Waals surface area contributed by atoms with E-state index in [1.807, 2.05) is 54.6 Å². The van der Waals surface area contributed by atoms with Crippen LogP contribution >= 0.6 is 11.8 Å². The number of hydrogen-bond acceptors (Lipinski definition) is 4. The Labute approximate surface area is 182 Å². The highest BCUT2D eigenvalue weighted by Gasteiger charge is 2.25. The number of rotatable bonds is 5. The molecule has 2 heterocycles. The number of hydrogen-bond donors (Lipinski definition) is 1. The second-order valence-corrected chi connectivity index (χ2v) is 8.03. The summed E-state index contributed by atoms with van der Waals surface area (Å²) in [5.74, 6) is 3.02.